The summed E-state index contributed by atoms with van der Waals surface area (Å²) in [5, 5.41) is 3.79. The SMILES string of the molecule is Cc1nc(COc2ccc(C(=O)N3CCN(CCOc4ccccc4)CC3)cc2)no1. The largest absolute Gasteiger partial charge is 0.492 e. The Hall–Kier alpha value is -3.39. The van der Waals surface area contributed by atoms with Gasteiger partial charge in [-0.15, -0.1) is 0 Å². The van der Waals surface area contributed by atoms with E-state index in [9.17, 15) is 4.79 Å². The predicted molar refractivity (Wildman–Crippen MR) is 114 cm³/mol. The summed E-state index contributed by atoms with van der Waals surface area (Å²) in [4.78, 5) is 21.1. The van der Waals surface area contributed by atoms with E-state index in [2.05, 4.69) is 15.0 Å². The molecule has 4 rings (SSSR count). The molecule has 1 aromatic heterocycles. The zero-order chi connectivity index (χ0) is 21.5. The van der Waals surface area contributed by atoms with Crippen LogP contribution >= 0.6 is 0 Å². The van der Waals surface area contributed by atoms with Gasteiger partial charge in [-0.25, -0.2) is 0 Å². The Kier molecular flexibility index (Phi) is 6.78. The van der Waals surface area contributed by atoms with E-state index in [0.29, 0.717) is 42.7 Å². The van der Waals surface area contributed by atoms with E-state index in [4.69, 9.17) is 14.0 Å². The van der Waals surface area contributed by atoms with Crippen molar-refractivity contribution in [1.29, 1.82) is 0 Å². The van der Waals surface area contributed by atoms with Crippen LogP contribution in [-0.4, -0.2) is 65.2 Å². The molecule has 0 N–H and O–H groups in total. The molecule has 8 heteroatoms. The number of hydrogen-bond donors (Lipinski definition) is 0. The lowest BCUT2D eigenvalue weighted by Crippen LogP contribution is -2.49. The number of ether oxygens (including phenoxy) is 2. The number of rotatable bonds is 8. The highest BCUT2D eigenvalue weighted by atomic mass is 16.5. The Labute approximate surface area is 181 Å². The third-order valence-electron chi connectivity index (χ3n) is 5.12. The van der Waals surface area contributed by atoms with Gasteiger partial charge in [0.25, 0.3) is 5.91 Å². The van der Waals surface area contributed by atoms with Crippen molar-refractivity contribution >= 4 is 5.91 Å². The number of nitrogens with zero attached hydrogens (tertiary/aromatic N) is 4. The van der Waals surface area contributed by atoms with Crippen LogP contribution in [0, 0.1) is 6.92 Å². The molecule has 1 saturated heterocycles. The van der Waals surface area contributed by atoms with Crippen molar-refractivity contribution in [3.8, 4) is 11.5 Å². The maximum absolute atomic E-state index is 12.8. The van der Waals surface area contributed by atoms with Crippen LogP contribution in [-0.2, 0) is 6.61 Å². The van der Waals surface area contributed by atoms with Crippen LogP contribution in [0.3, 0.4) is 0 Å². The first kappa shape index (κ1) is 20.9. The topological polar surface area (TPSA) is 80.9 Å². The molecule has 1 aliphatic rings. The van der Waals surface area contributed by atoms with Crippen molar-refractivity contribution in [2.45, 2.75) is 13.5 Å². The van der Waals surface area contributed by atoms with Crippen LogP contribution in [0.1, 0.15) is 22.1 Å². The van der Waals surface area contributed by atoms with Crippen molar-refractivity contribution < 1.29 is 18.8 Å². The van der Waals surface area contributed by atoms with Crippen molar-refractivity contribution in [1.82, 2.24) is 19.9 Å². The Morgan fingerprint density at radius 1 is 0.968 bits per heavy atom. The Bertz CT molecular complexity index is 967. The third-order valence-corrected chi connectivity index (χ3v) is 5.12. The van der Waals surface area contributed by atoms with Gasteiger partial charge >= 0.3 is 0 Å². The quantitative estimate of drug-likeness (QED) is 0.552. The molecule has 1 fully saturated rings. The molecular formula is C23H26N4O4. The normalized spacial score (nSPS) is 14.4. The fourth-order valence-corrected chi connectivity index (χ4v) is 3.41. The summed E-state index contributed by atoms with van der Waals surface area (Å²) in [5.74, 6) is 2.58. The number of hydrogen-bond acceptors (Lipinski definition) is 7. The first-order valence-electron chi connectivity index (χ1n) is 10.4. The monoisotopic (exact) mass is 422 g/mol. The zero-order valence-corrected chi connectivity index (χ0v) is 17.6. The minimum absolute atomic E-state index is 0.0422. The molecule has 1 amide bonds. The van der Waals surface area contributed by atoms with Crippen LogP contribution in [0.15, 0.2) is 59.1 Å². The fourth-order valence-electron chi connectivity index (χ4n) is 3.41. The molecule has 162 valence electrons. The molecule has 2 heterocycles. The average molecular weight is 422 g/mol. The lowest BCUT2D eigenvalue weighted by molar-refractivity contribution is 0.0620. The standard InChI is InChI=1S/C23H26N4O4/c1-18-24-22(25-31-18)17-30-21-9-7-19(8-10-21)23(28)27-13-11-26(12-14-27)15-16-29-20-5-3-2-4-6-20/h2-10H,11-17H2,1H3. The van der Waals surface area contributed by atoms with Crippen LogP contribution in [0.4, 0.5) is 0 Å². The summed E-state index contributed by atoms with van der Waals surface area (Å²) in [5.41, 5.74) is 0.656. The highest BCUT2D eigenvalue weighted by molar-refractivity contribution is 5.94. The van der Waals surface area contributed by atoms with Gasteiger partial charge in [0.1, 0.15) is 18.1 Å². The number of aryl methyl sites for hydroxylation is 1. The van der Waals surface area contributed by atoms with Gasteiger partial charge in [-0.05, 0) is 36.4 Å². The van der Waals surface area contributed by atoms with Crippen molar-refractivity contribution in [2.75, 3.05) is 39.3 Å². The number of amides is 1. The lowest BCUT2D eigenvalue weighted by atomic mass is 10.1. The highest BCUT2D eigenvalue weighted by Gasteiger charge is 2.22. The number of carbonyl (C=O) groups excluding carboxylic acids is 1. The zero-order valence-electron chi connectivity index (χ0n) is 17.6. The molecule has 0 bridgehead atoms. The number of aromatic nitrogens is 2. The smallest absolute Gasteiger partial charge is 0.253 e. The molecule has 3 aromatic rings. The molecule has 0 spiro atoms. The molecule has 0 atom stereocenters. The Morgan fingerprint density at radius 2 is 1.68 bits per heavy atom. The lowest BCUT2D eigenvalue weighted by Gasteiger charge is -2.34. The first-order valence-corrected chi connectivity index (χ1v) is 10.4. The van der Waals surface area contributed by atoms with Gasteiger partial charge in [-0.3, -0.25) is 9.69 Å². The molecular weight excluding hydrogens is 396 g/mol. The van der Waals surface area contributed by atoms with Gasteiger partial charge < -0.3 is 18.9 Å². The van der Waals surface area contributed by atoms with Crippen LogP contribution < -0.4 is 9.47 Å². The molecule has 1 aliphatic heterocycles. The average Bonchev–Trinajstić information content (AvgIpc) is 3.24. The third kappa shape index (κ3) is 5.82. The number of benzene rings is 2. The Balaban J connectivity index is 1.20. The summed E-state index contributed by atoms with van der Waals surface area (Å²) in [6, 6.07) is 17.0. The van der Waals surface area contributed by atoms with Gasteiger partial charge in [-0.2, -0.15) is 4.98 Å². The van der Waals surface area contributed by atoms with Gasteiger partial charge in [0.05, 0.1) is 0 Å². The maximum Gasteiger partial charge on any atom is 0.253 e. The van der Waals surface area contributed by atoms with E-state index < -0.39 is 0 Å². The van der Waals surface area contributed by atoms with E-state index in [0.717, 1.165) is 25.4 Å². The van der Waals surface area contributed by atoms with E-state index in [1.165, 1.54) is 0 Å². The number of para-hydroxylation sites is 1. The second kappa shape index (κ2) is 10.1. The summed E-state index contributed by atoms with van der Waals surface area (Å²) < 4.78 is 16.3. The molecule has 0 saturated carbocycles. The van der Waals surface area contributed by atoms with Gasteiger partial charge in [0.2, 0.25) is 11.7 Å². The summed E-state index contributed by atoms with van der Waals surface area (Å²) in [6.07, 6.45) is 0. The van der Waals surface area contributed by atoms with Crippen LogP contribution in [0.5, 0.6) is 11.5 Å². The van der Waals surface area contributed by atoms with E-state index in [-0.39, 0.29) is 12.5 Å². The second-order valence-electron chi connectivity index (χ2n) is 7.34. The minimum atomic E-state index is 0.0422. The molecule has 8 nitrogen and oxygen atoms in total. The van der Waals surface area contributed by atoms with Crippen molar-refractivity contribution in [3.05, 3.63) is 71.9 Å². The van der Waals surface area contributed by atoms with Crippen molar-refractivity contribution in [2.24, 2.45) is 0 Å². The predicted octanol–water partition coefficient (Wildman–Crippen LogP) is 2.79. The van der Waals surface area contributed by atoms with Gasteiger partial charge in [-0.1, -0.05) is 23.4 Å². The van der Waals surface area contributed by atoms with Crippen LogP contribution in [0.25, 0.3) is 0 Å². The molecule has 0 unspecified atom stereocenters. The number of piperazine rings is 1. The summed E-state index contributed by atoms with van der Waals surface area (Å²) in [7, 11) is 0. The molecule has 2 aromatic carbocycles. The summed E-state index contributed by atoms with van der Waals surface area (Å²) >= 11 is 0. The van der Waals surface area contributed by atoms with E-state index in [1.807, 2.05) is 35.2 Å². The second-order valence-corrected chi connectivity index (χ2v) is 7.34. The van der Waals surface area contributed by atoms with Crippen molar-refractivity contribution in [3.63, 3.8) is 0 Å². The Morgan fingerprint density at radius 3 is 2.35 bits per heavy atom. The van der Waals surface area contributed by atoms with Gasteiger partial charge in [0.15, 0.2) is 6.61 Å². The minimum Gasteiger partial charge on any atom is -0.492 e. The van der Waals surface area contributed by atoms with E-state index >= 15 is 0 Å². The summed E-state index contributed by atoms with van der Waals surface area (Å²) in [6.45, 7) is 6.55. The fraction of sp³-hybridized carbons (Fsp3) is 0.348. The highest BCUT2D eigenvalue weighted by Crippen LogP contribution is 2.16. The van der Waals surface area contributed by atoms with Gasteiger partial charge in [0, 0.05) is 45.2 Å². The van der Waals surface area contributed by atoms with Crippen LogP contribution in [0.2, 0.25) is 0 Å². The maximum atomic E-state index is 12.8. The molecule has 0 aliphatic carbocycles. The molecule has 31 heavy (non-hydrogen) atoms. The first-order chi connectivity index (χ1) is 15.2. The molecule has 0 radical (unpaired) electrons. The van der Waals surface area contributed by atoms with E-state index in [1.54, 1.807) is 31.2 Å². The number of carbonyl (C=O) groups is 1.